The first-order chi connectivity index (χ1) is 9.26. The van der Waals surface area contributed by atoms with E-state index < -0.39 is 0 Å². The van der Waals surface area contributed by atoms with Gasteiger partial charge in [-0.15, -0.1) is 5.10 Å². The maximum Gasteiger partial charge on any atom is 0.216 e. The van der Waals surface area contributed by atoms with Gasteiger partial charge < -0.3 is 5.73 Å². The van der Waals surface area contributed by atoms with E-state index in [0.29, 0.717) is 11.2 Å². The number of H-pyrrole nitrogens is 1. The van der Waals surface area contributed by atoms with Crippen molar-refractivity contribution in [3.8, 4) is 0 Å². The Labute approximate surface area is 129 Å². The lowest BCUT2D eigenvalue weighted by molar-refractivity contribution is 0.705. The molecule has 0 fully saturated rings. The van der Waals surface area contributed by atoms with Gasteiger partial charge in [-0.2, -0.15) is 29.4 Å². The van der Waals surface area contributed by atoms with Crippen LogP contribution >= 0.6 is 36.2 Å². The smallest absolute Gasteiger partial charge is 0.216 e. The van der Waals surface area contributed by atoms with Crippen LogP contribution < -0.4 is 5.73 Å². The molecule has 1 rings (SSSR count). The van der Waals surface area contributed by atoms with Crippen LogP contribution in [0.5, 0.6) is 0 Å². The van der Waals surface area contributed by atoms with Crippen LogP contribution in [0, 0.1) is 0 Å². The van der Waals surface area contributed by atoms with Crippen molar-refractivity contribution in [3.63, 3.8) is 0 Å². The summed E-state index contributed by atoms with van der Waals surface area (Å²) in [5.74, 6) is 3.60. The van der Waals surface area contributed by atoms with Crippen molar-refractivity contribution in [1.29, 1.82) is 0 Å². The van der Waals surface area contributed by atoms with Gasteiger partial charge in [-0.25, -0.2) is 5.10 Å². The van der Waals surface area contributed by atoms with Gasteiger partial charge in [0.05, 0.1) is 0 Å². The molecule has 0 bridgehead atoms. The molecular weight excluding hydrogens is 296 g/mol. The Balaban J connectivity index is 2.07. The van der Waals surface area contributed by atoms with Gasteiger partial charge in [0.2, 0.25) is 11.1 Å². The quantitative estimate of drug-likeness (QED) is 0.331. The number of aromatic nitrogens is 3. The number of hydrogen-bond donors (Lipinski definition) is 3. The Morgan fingerprint density at radius 2 is 2.16 bits per heavy atom. The lowest BCUT2D eigenvalue weighted by atomic mass is 10.2. The molecule has 3 N–H and O–H groups in total. The van der Waals surface area contributed by atoms with Crippen LogP contribution in [0.15, 0.2) is 5.16 Å². The van der Waals surface area contributed by atoms with Crippen LogP contribution in [0.2, 0.25) is 0 Å². The fourth-order valence-electron chi connectivity index (χ4n) is 1.61. The number of nitrogens with zero attached hydrogens (tertiary/aromatic N) is 2. The van der Waals surface area contributed by atoms with E-state index in [0.717, 1.165) is 23.1 Å². The maximum atomic E-state index is 5.48. The molecule has 7 heteroatoms. The van der Waals surface area contributed by atoms with Gasteiger partial charge in [-0.1, -0.05) is 37.9 Å². The molecule has 0 saturated heterocycles. The second kappa shape index (κ2) is 10.7. The van der Waals surface area contributed by atoms with Gasteiger partial charge >= 0.3 is 0 Å². The molecule has 0 spiro atoms. The lowest BCUT2D eigenvalue weighted by Gasteiger charge is -2.13. The summed E-state index contributed by atoms with van der Waals surface area (Å²) in [6.45, 7) is 2.25. The summed E-state index contributed by atoms with van der Waals surface area (Å²) in [5.41, 5.74) is 5.48. The molecule has 0 aliphatic heterocycles. The highest BCUT2D eigenvalue weighted by molar-refractivity contribution is 8.01. The first-order valence-electron chi connectivity index (χ1n) is 6.79. The Kier molecular flexibility index (Phi) is 9.63. The van der Waals surface area contributed by atoms with Crippen molar-refractivity contribution in [2.24, 2.45) is 0 Å². The average Bonchev–Trinajstić information content (AvgIpc) is 2.82. The van der Waals surface area contributed by atoms with Crippen molar-refractivity contribution < 1.29 is 0 Å². The van der Waals surface area contributed by atoms with Crippen LogP contribution in [0.3, 0.4) is 0 Å². The molecule has 1 unspecified atom stereocenters. The van der Waals surface area contributed by atoms with E-state index >= 15 is 0 Å². The minimum atomic E-state index is 0.388. The average molecular weight is 321 g/mol. The molecule has 110 valence electrons. The molecule has 0 saturated carbocycles. The largest absolute Gasteiger partial charge is 0.368 e. The predicted molar refractivity (Wildman–Crippen MR) is 90.4 cm³/mol. The van der Waals surface area contributed by atoms with E-state index in [1.807, 2.05) is 11.8 Å². The number of unbranched alkanes of at least 4 members (excludes halogenated alkanes) is 3. The minimum absolute atomic E-state index is 0.388. The van der Waals surface area contributed by atoms with E-state index in [9.17, 15) is 0 Å². The van der Waals surface area contributed by atoms with Crippen LogP contribution in [0.1, 0.15) is 39.0 Å². The fourth-order valence-corrected chi connectivity index (χ4v) is 4.21. The van der Waals surface area contributed by atoms with E-state index in [1.54, 1.807) is 11.8 Å². The molecule has 0 aliphatic carbocycles. The van der Waals surface area contributed by atoms with Gasteiger partial charge in [-0.05, 0) is 18.6 Å². The summed E-state index contributed by atoms with van der Waals surface area (Å²) < 4.78 is 0. The number of nitrogens with two attached hydrogens (primary N) is 1. The molecule has 0 amide bonds. The van der Waals surface area contributed by atoms with Gasteiger partial charge in [0.1, 0.15) is 0 Å². The first kappa shape index (κ1) is 17.0. The molecular formula is C12H24N4S3. The summed E-state index contributed by atoms with van der Waals surface area (Å²) in [6.07, 6.45) is 6.48. The topological polar surface area (TPSA) is 67.6 Å². The van der Waals surface area contributed by atoms with Crippen LogP contribution in [0.25, 0.3) is 0 Å². The fraction of sp³-hybridized carbons (Fsp3) is 0.833. The number of hydrogen-bond acceptors (Lipinski definition) is 6. The van der Waals surface area contributed by atoms with Gasteiger partial charge in [-0.3, -0.25) is 0 Å². The summed E-state index contributed by atoms with van der Waals surface area (Å²) >= 11 is 8.14. The maximum absolute atomic E-state index is 5.48. The number of nitrogens with one attached hydrogen (secondary N) is 1. The standard InChI is InChI=1S/C12H24N4S3/c1-2-3-4-5-7-18-10(9-17)6-8-19-12-14-11(13)15-16-12/h10,17H,2-9H2,1H3,(H3,13,14,15,16). The van der Waals surface area contributed by atoms with Gasteiger partial charge in [0.25, 0.3) is 0 Å². The van der Waals surface area contributed by atoms with Crippen molar-refractivity contribution in [2.45, 2.75) is 49.4 Å². The van der Waals surface area contributed by atoms with Crippen molar-refractivity contribution >= 4 is 42.1 Å². The van der Waals surface area contributed by atoms with Crippen LogP contribution in [-0.4, -0.2) is 37.7 Å². The molecule has 4 nitrogen and oxygen atoms in total. The minimum Gasteiger partial charge on any atom is -0.368 e. The zero-order chi connectivity index (χ0) is 13.9. The third-order valence-electron chi connectivity index (χ3n) is 2.71. The normalized spacial score (nSPS) is 12.7. The lowest BCUT2D eigenvalue weighted by Crippen LogP contribution is -2.07. The van der Waals surface area contributed by atoms with E-state index in [1.165, 1.54) is 31.4 Å². The Hall–Kier alpha value is -0.0100. The summed E-state index contributed by atoms with van der Waals surface area (Å²) in [7, 11) is 0. The second-order valence-electron chi connectivity index (χ2n) is 4.38. The number of thiol groups is 1. The van der Waals surface area contributed by atoms with E-state index in [2.05, 4.69) is 34.7 Å². The van der Waals surface area contributed by atoms with Gasteiger partial charge in [0.15, 0.2) is 0 Å². The third-order valence-corrected chi connectivity index (χ3v) is 5.67. The van der Waals surface area contributed by atoms with Crippen LogP contribution in [0.4, 0.5) is 5.95 Å². The Morgan fingerprint density at radius 3 is 2.79 bits per heavy atom. The van der Waals surface area contributed by atoms with Crippen molar-refractivity contribution in [2.75, 3.05) is 23.0 Å². The predicted octanol–water partition coefficient (Wildman–Crippen LogP) is 3.48. The molecule has 1 aromatic rings. The first-order valence-corrected chi connectivity index (χ1v) is 9.46. The molecule has 1 heterocycles. The van der Waals surface area contributed by atoms with Crippen molar-refractivity contribution in [1.82, 2.24) is 15.2 Å². The highest BCUT2D eigenvalue weighted by Crippen LogP contribution is 2.22. The van der Waals surface area contributed by atoms with E-state index in [4.69, 9.17) is 5.73 Å². The molecule has 1 atom stereocenters. The van der Waals surface area contributed by atoms with Crippen LogP contribution in [-0.2, 0) is 0 Å². The molecule has 0 aromatic carbocycles. The van der Waals surface area contributed by atoms with Crippen molar-refractivity contribution in [3.05, 3.63) is 0 Å². The number of thioether (sulfide) groups is 2. The number of aromatic amines is 1. The molecule has 0 radical (unpaired) electrons. The zero-order valence-corrected chi connectivity index (χ0v) is 14.0. The third kappa shape index (κ3) is 7.99. The number of nitrogen functional groups attached to an aromatic ring is 1. The summed E-state index contributed by atoms with van der Waals surface area (Å²) in [6, 6.07) is 0. The molecule has 1 aromatic heterocycles. The molecule has 19 heavy (non-hydrogen) atoms. The number of anilines is 1. The SMILES string of the molecule is CCCCCCSC(CS)CCSc1n[nH]c(N)n1. The van der Waals surface area contributed by atoms with E-state index in [-0.39, 0.29) is 0 Å². The zero-order valence-electron chi connectivity index (χ0n) is 11.5. The molecule has 0 aliphatic rings. The Morgan fingerprint density at radius 1 is 1.32 bits per heavy atom. The second-order valence-corrected chi connectivity index (χ2v) is 7.21. The summed E-state index contributed by atoms with van der Waals surface area (Å²) in [4.78, 5) is 4.08. The monoisotopic (exact) mass is 320 g/mol. The highest BCUT2D eigenvalue weighted by atomic mass is 32.2. The van der Waals surface area contributed by atoms with Gasteiger partial charge in [0, 0.05) is 16.8 Å². The highest BCUT2D eigenvalue weighted by Gasteiger charge is 2.08. The summed E-state index contributed by atoms with van der Waals surface area (Å²) in [5, 5.41) is 8.03. The Bertz CT molecular complexity index is 333. The number of rotatable bonds is 11.